The van der Waals surface area contributed by atoms with Gasteiger partial charge >= 0.3 is 13.1 Å². The number of thioether (sulfide) groups is 1. The molecule has 1 fully saturated rings. The molecule has 0 saturated carbocycles. The summed E-state index contributed by atoms with van der Waals surface area (Å²) in [6.07, 6.45) is 1.77. The first-order valence-electron chi connectivity index (χ1n) is 7.83. The second kappa shape index (κ2) is 7.22. The molecule has 0 unspecified atom stereocenters. The molecule has 1 aromatic heterocycles. The standard InChI is InChI=1S/C16H22BNO5S2/c1-9-13(14(20)21)25-12(18-9)7-11(8-24-10(2)19)17-22-15(3,4)16(5,6)23-17/h7H,8H2,1-6H3,(H,20,21). The number of carbonyl (C=O) groups is 2. The van der Waals surface area contributed by atoms with Crippen LogP contribution in [0, 0.1) is 6.92 Å². The maximum atomic E-state index is 11.4. The number of aryl methyl sites for hydroxylation is 1. The zero-order valence-corrected chi connectivity index (χ0v) is 16.8. The number of aromatic nitrogens is 1. The van der Waals surface area contributed by atoms with Crippen molar-refractivity contribution in [1.29, 1.82) is 0 Å². The molecular formula is C16H22BNO5S2. The Labute approximate surface area is 156 Å². The number of thiazole rings is 1. The lowest BCUT2D eigenvalue weighted by Crippen LogP contribution is -2.41. The molecule has 1 aliphatic heterocycles. The summed E-state index contributed by atoms with van der Waals surface area (Å²) in [5.41, 5.74) is 0.228. The quantitative estimate of drug-likeness (QED) is 0.780. The highest BCUT2D eigenvalue weighted by atomic mass is 32.2. The number of rotatable bonds is 5. The number of carboxylic acids is 1. The van der Waals surface area contributed by atoms with Crippen LogP contribution in [-0.4, -0.2) is 45.2 Å². The fourth-order valence-electron chi connectivity index (χ4n) is 2.19. The Morgan fingerprint density at radius 3 is 2.28 bits per heavy atom. The molecule has 0 bridgehead atoms. The van der Waals surface area contributed by atoms with Crippen molar-refractivity contribution in [3.63, 3.8) is 0 Å². The normalized spacial score (nSPS) is 19.3. The number of aromatic carboxylic acids is 1. The molecule has 6 nitrogen and oxygen atoms in total. The molecule has 2 heterocycles. The van der Waals surface area contributed by atoms with E-state index in [4.69, 9.17) is 9.31 Å². The van der Waals surface area contributed by atoms with Gasteiger partial charge in [-0.3, -0.25) is 4.79 Å². The van der Waals surface area contributed by atoms with Gasteiger partial charge in [-0.1, -0.05) is 11.8 Å². The largest absolute Gasteiger partial charge is 0.491 e. The van der Waals surface area contributed by atoms with E-state index in [2.05, 4.69) is 4.98 Å². The Morgan fingerprint density at radius 1 is 1.28 bits per heavy atom. The molecule has 1 N–H and O–H groups in total. The SMILES string of the molecule is CC(=O)SCC(=Cc1nc(C)c(C(=O)O)s1)B1OC(C)(C)C(C)(C)O1. The van der Waals surface area contributed by atoms with Gasteiger partial charge in [-0.25, -0.2) is 9.78 Å². The first-order chi connectivity index (χ1) is 11.4. The van der Waals surface area contributed by atoms with Crippen molar-refractivity contribution in [2.75, 3.05) is 5.75 Å². The van der Waals surface area contributed by atoms with E-state index < -0.39 is 24.3 Å². The summed E-state index contributed by atoms with van der Waals surface area (Å²) in [4.78, 5) is 27.1. The number of hydrogen-bond acceptors (Lipinski definition) is 7. The molecule has 0 amide bonds. The molecular weight excluding hydrogens is 361 g/mol. The van der Waals surface area contributed by atoms with Crippen LogP contribution in [0.3, 0.4) is 0 Å². The number of carbonyl (C=O) groups excluding carboxylic acids is 1. The van der Waals surface area contributed by atoms with Crippen molar-refractivity contribution in [1.82, 2.24) is 4.98 Å². The van der Waals surface area contributed by atoms with Crippen LogP contribution in [0.2, 0.25) is 0 Å². The molecule has 1 aliphatic rings. The van der Waals surface area contributed by atoms with E-state index in [0.29, 0.717) is 16.5 Å². The lowest BCUT2D eigenvalue weighted by atomic mass is 9.79. The second-order valence-corrected chi connectivity index (χ2v) is 9.04. The molecule has 0 spiro atoms. The molecule has 1 aromatic rings. The summed E-state index contributed by atoms with van der Waals surface area (Å²) in [5, 5.41) is 9.74. The Morgan fingerprint density at radius 2 is 1.84 bits per heavy atom. The molecule has 0 radical (unpaired) electrons. The first-order valence-corrected chi connectivity index (χ1v) is 9.63. The topological polar surface area (TPSA) is 85.7 Å². The third kappa shape index (κ3) is 4.52. The van der Waals surface area contributed by atoms with Crippen LogP contribution in [0.5, 0.6) is 0 Å². The van der Waals surface area contributed by atoms with Crippen LogP contribution in [0.15, 0.2) is 5.47 Å². The van der Waals surface area contributed by atoms with Crippen molar-refractivity contribution >= 4 is 47.4 Å². The van der Waals surface area contributed by atoms with Gasteiger partial charge in [-0.2, -0.15) is 0 Å². The van der Waals surface area contributed by atoms with E-state index >= 15 is 0 Å². The third-order valence-electron chi connectivity index (χ3n) is 4.31. The highest BCUT2D eigenvalue weighted by Crippen LogP contribution is 2.39. The van der Waals surface area contributed by atoms with Crippen LogP contribution < -0.4 is 0 Å². The van der Waals surface area contributed by atoms with Gasteiger partial charge in [0, 0.05) is 12.7 Å². The van der Waals surface area contributed by atoms with Crippen molar-refractivity contribution < 1.29 is 24.0 Å². The van der Waals surface area contributed by atoms with E-state index in [-0.39, 0.29) is 9.99 Å². The molecule has 9 heteroatoms. The van der Waals surface area contributed by atoms with Gasteiger partial charge in [-0.05, 0) is 46.2 Å². The molecule has 1 saturated heterocycles. The van der Waals surface area contributed by atoms with Gasteiger partial charge in [-0.15, -0.1) is 11.3 Å². The van der Waals surface area contributed by atoms with Gasteiger partial charge in [0.2, 0.25) is 0 Å². The molecule has 25 heavy (non-hydrogen) atoms. The number of hydrogen-bond donors (Lipinski definition) is 1. The van der Waals surface area contributed by atoms with Crippen LogP contribution >= 0.6 is 23.1 Å². The predicted octanol–water partition coefficient (Wildman–Crippen LogP) is 3.44. The number of carboxylic acid groups (broad SMARTS) is 1. The van der Waals surface area contributed by atoms with Crippen molar-refractivity contribution in [2.45, 2.75) is 52.7 Å². The van der Waals surface area contributed by atoms with Gasteiger partial charge in [0.15, 0.2) is 5.12 Å². The Bertz CT molecular complexity index is 710. The van der Waals surface area contributed by atoms with Gasteiger partial charge in [0.25, 0.3) is 0 Å². The van der Waals surface area contributed by atoms with E-state index in [1.165, 1.54) is 6.92 Å². The minimum Gasteiger partial charge on any atom is -0.477 e. The van der Waals surface area contributed by atoms with Crippen LogP contribution in [-0.2, 0) is 14.1 Å². The Kier molecular flexibility index (Phi) is 5.83. The fraction of sp³-hybridized carbons (Fsp3) is 0.562. The zero-order valence-electron chi connectivity index (χ0n) is 15.2. The molecule has 136 valence electrons. The summed E-state index contributed by atoms with van der Waals surface area (Å²) < 4.78 is 12.1. The zero-order chi connectivity index (χ0) is 19.0. The predicted molar refractivity (Wildman–Crippen MR) is 101 cm³/mol. The fourth-order valence-corrected chi connectivity index (χ4v) is 3.67. The van der Waals surface area contributed by atoms with E-state index in [1.807, 2.05) is 27.7 Å². The summed E-state index contributed by atoms with van der Waals surface area (Å²) >= 11 is 2.25. The van der Waals surface area contributed by atoms with Crippen LogP contribution in [0.4, 0.5) is 0 Å². The number of nitrogens with zero attached hydrogens (tertiary/aromatic N) is 1. The molecule has 0 atom stereocenters. The van der Waals surface area contributed by atoms with E-state index in [1.54, 1.807) is 13.0 Å². The van der Waals surface area contributed by atoms with Crippen molar-refractivity contribution in [3.8, 4) is 0 Å². The summed E-state index contributed by atoms with van der Waals surface area (Å²) in [6, 6.07) is 0. The van der Waals surface area contributed by atoms with E-state index in [0.717, 1.165) is 28.6 Å². The van der Waals surface area contributed by atoms with Crippen molar-refractivity contribution in [3.05, 3.63) is 21.1 Å². The smallest absolute Gasteiger partial charge is 0.477 e. The van der Waals surface area contributed by atoms with Crippen molar-refractivity contribution in [2.24, 2.45) is 0 Å². The third-order valence-corrected chi connectivity index (χ3v) is 6.29. The Balaban J connectivity index is 2.35. The maximum absolute atomic E-state index is 11.4. The monoisotopic (exact) mass is 383 g/mol. The average Bonchev–Trinajstić information content (AvgIpc) is 2.92. The maximum Gasteiger partial charge on any atom is 0.491 e. The van der Waals surface area contributed by atoms with Gasteiger partial charge in [0.05, 0.1) is 16.9 Å². The van der Waals surface area contributed by atoms with Crippen LogP contribution in [0.25, 0.3) is 6.08 Å². The first kappa shape index (κ1) is 20.2. The summed E-state index contributed by atoms with van der Waals surface area (Å²) in [5.74, 6) is -0.599. The molecule has 0 aromatic carbocycles. The molecule has 2 rings (SSSR count). The summed E-state index contributed by atoms with van der Waals surface area (Å²) in [6.45, 7) is 11.0. The second-order valence-electron chi connectivity index (χ2n) is 6.86. The highest BCUT2D eigenvalue weighted by molar-refractivity contribution is 8.13. The Hall–Kier alpha value is -1.16. The lowest BCUT2D eigenvalue weighted by molar-refractivity contribution is -0.109. The average molecular weight is 383 g/mol. The lowest BCUT2D eigenvalue weighted by Gasteiger charge is -2.32. The molecule has 0 aliphatic carbocycles. The highest BCUT2D eigenvalue weighted by Gasteiger charge is 2.52. The van der Waals surface area contributed by atoms with Gasteiger partial charge in [0.1, 0.15) is 9.88 Å². The van der Waals surface area contributed by atoms with Crippen LogP contribution in [0.1, 0.15) is 55.0 Å². The minimum atomic E-state index is -0.995. The summed E-state index contributed by atoms with van der Waals surface area (Å²) in [7, 11) is -0.602. The van der Waals surface area contributed by atoms with Gasteiger partial charge < -0.3 is 14.4 Å². The minimum absolute atomic E-state index is 0.0102. The van der Waals surface area contributed by atoms with E-state index in [9.17, 15) is 14.7 Å².